The molecule has 43 heavy (non-hydrogen) atoms. The molecule has 1 aromatic rings. The van der Waals surface area contributed by atoms with Crippen molar-refractivity contribution in [1.29, 1.82) is 0 Å². The molecule has 15 atom stereocenters. The summed E-state index contributed by atoms with van der Waals surface area (Å²) in [7, 11) is 6.29. The molecule has 3 unspecified atom stereocenters. The lowest BCUT2D eigenvalue weighted by molar-refractivity contribution is -0.320. The number of likely N-dealkylation sites (tertiary alicyclic amines) is 1. The summed E-state index contributed by atoms with van der Waals surface area (Å²) in [5, 5.41) is 49.7. The van der Waals surface area contributed by atoms with E-state index in [0.29, 0.717) is 25.1 Å². The molecule has 238 valence electrons. The van der Waals surface area contributed by atoms with Gasteiger partial charge in [0.25, 0.3) is 0 Å². The molecule has 6 aliphatic rings. The highest BCUT2D eigenvalue weighted by Crippen LogP contribution is 2.80. The first-order valence-corrected chi connectivity index (χ1v) is 15.5. The van der Waals surface area contributed by atoms with E-state index in [4.69, 9.17) is 23.7 Å². The molecule has 11 heteroatoms. The van der Waals surface area contributed by atoms with Gasteiger partial charge in [0.1, 0.15) is 29.5 Å². The van der Waals surface area contributed by atoms with Gasteiger partial charge in [-0.25, -0.2) is 4.79 Å². The lowest BCUT2D eigenvalue weighted by Gasteiger charge is -2.70. The van der Waals surface area contributed by atoms with Crippen molar-refractivity contribution >= 4 is 5.97 Å². The van der Waals surface area contributed by atoms with Crippen LogP contribution in [-0.2, 0) is 23.7 Å². The van der Waals surface area contributed by atoms with Gasteiger partial charge in [-0.2, -0.15) is 0 Å². The molecule has 6 fully saturated rings. The van der Waals surface area contributed by atoms with Crippen LogP contribution in [0.4, 0.5) is 0 Å². The number of methoxy groups -OCH3 is 4. The molecule has 1 saturated heterocycles. The van der Waals surface area contributed by atoms with Crippen molar-refractivity contribution in [2.75, 3.05) is 48.1 Å². The molecular weight excluding hydrogens is 558 g/mol. The molecule has 5 aliphatic carbocycles. The molecule has 7 bridgehead atoms. The normalized spacial score (nSPS) is 52.7. The number of hydrogen-bond acceptors (Lipinski definition) is 11. The number of carbonyl (C=O) groups excluding carboxylic acids is 1. The molecule has 1 heterocycles. The summed E-state index contributed by atoms with van der Waals surface area (Å²) in [6, 6.07) is 8.25. The molecule has 1 spiro atoms. The minimum absolute atomic E-state index is 0.106. The van der Waals surface area contributed by atoms with Crippen molar-refractivity contribution in [1.82, 2.24) is 4.90 Å². The first-order chi connectivity index (χ1) is 20.6. The fraction of sp³-hybridized carbons (Fsp3) is 0.781. The van der Waals surface area contributed by atoms with Gasteiger partial charge in [-0.15, -0.1) is 0 Å². The van der Waals surface area contributed by atoms with E-state index in [-0.39, 0.29) is 25.0 Å². The van der Waals surface area contributed by atoms with Crippen LogP contribution in [0.2, 0.25) is 0 Å². The predicted molar refractivity (Wildman–Crippen MR) is 151 cm³/mol. The van der Waals surface area contributed by atoms with Crippen molar-refractivity contribution in [3.8, 4) is 0 Å². The Morgan fingerprint density at radius 3 is 2.33 bits per heavy atom. The molecule has 11 nitrogen and oxygen atoms in total. The molecule has 0 amide bonds. The number of hydrogen-bond donors (Lipinski definition) is 4. The zero-order valence-corrected chi connectivity index (χ0v) is 25.5. The zero-order chi connectivity index (χ0) is 30.7. The van der Waals surface area contributed by atoms with Gasteiger partial charge in [0.15, 0.2) is 0 Å². The van der Waals surface area contributed by atoms with E-state index in [9.17, 15) is 25.2 Å². The summed E-state index contributed by atoms with van der Waals surface area (Å²) in [6.45, 7) is 3.46. The van der Waals surface area contributed by atoms with E-state index in [0.717, 1.165) is 0 Å². The van der Waals surface area contributed by atoms with Crippen molar-refractivity contribution in [3.05, 3.63) is 35.9 Å². The van der Waals surface area contributed by atoms with Crippen molar-refractivity contribution in [3.63, 3.8) is 0 Å². The van der Waals surface area contributed by atoms with Gasteiger partial charge in [-0.1, -0.05) is 25.1 Å². The maximum absolute atomic E-state index is 13.6. The molecule has 7 rings (SSSR count). The van der Waals surface area contributed by atoms with Crippen LogP contribution in [0, 0.1) is 34.5 Å². The average Bonchev–Trinajstić information content (AvgIpc) is 3.39. The zero-order valence-electron chi connectivity index (χ0n) is 25.5. The average molecular weight is 604 g/mol. The number of aliphatic hydroxyl groups excluding tert-OH is 2. The Morgan fingerprint density at radius 2 is 1.72 bits per heavy atom. The molecule has 0 radical (unpaired) electrons. The van der Waals surface area contributed by atoms with Gasteiger partial charge in [-0.3, -0.25) is 4.90 Å². The first kappa shape index (κ1) is 30.0. The van der Waals surface area contributed by atoms with Crippen LogP contribution < -0.4 is 0 Å². The molecule has 1 aliphatic heterocycles. The second-order valence-corrected chi connectivity index (χ2v) is 13.9. The predicted octanol–water partition coefficient (Wildman–Crippen LogP) is 0.0773. The molecule has 0 aromatic heterocycles. The van der Waals surface area contributed by atoms with Crippen LogP contribution in [0.5, 0.6) is 0 Å². The first-order valence-electron chi connectivity index (χ1n) is 15.5. The standard InChI is InChI=1S/C32H45NO10/c1-6-33-14-29(15-39-2)18(34)12-19(40-3)31-17-13-30(37)26(43-28(36)16-10-8-7-9-11-16)20(17)32(38,25(35)27(30)42-5)21(24(31)33)22(41-4)23(29)31/h7-11,17-27,34-35,37-38H,6,12-15H2,1-5H3/t17?,18-,19-,20?,21-,22+,23?,24+,25+,26-,27+,29+,30-,31+,32-/m1/s1. The van der Waals surface area contributed by atoms with Gasteiger partial charge in [-0.05, 0) is 31.0 Å². The number of piperidine rings is 1. The van der Waals surface area contributed by atoms with E-state index in [2.05, 4.69) is 11.8 Å². The van der Waals surface area contributed by atoms with Crippen molar-refractivity contribution in [2.45, 2.75) is 73.6 Å². The van der Waals surface area contributed by atoms with Crippen molar-refractivity contribution < 1.29 is 48.9 Å². The van der Waals surface area contributed by atoms with Crippen LogP contribution in [0.15, 0.2) is 30.3 Å². The second-order valence-electron chi connectivity index (χ2n) is 13.9. The van der Waals surface area contributed by atoms with Crippen LogP contribution in [-0.4, -0.2) is 133 Å². The fourth-order valence-corrected chi connectivity index (χ4v) is 11.9. The van der Waals surface area contributed by atoms with Crippen molar-refractivity contribution in [2.24, 2.45) is 34.5 Å². The third kappa shape index (κ3) is 3.28. The third-order valence-electron chi connectivity index (χ3n) is 12.9. The Bertz CT molecular complexity index is 1250. The summed E-state index contributed by atoms with van der Waals surface area (Å²) in [5.74, 6) is -2.94. The molecular formula is C32H45NO10. The van der Waals surface area contributed by atoms with Crippen LogP contribution in [0.3, 0.4) is 0 Å². The minimum atomic E-state index is -1.86. The molecule has 4 N–H and O–H groups in total. The number of benzene rings is 1. The highest BCUT2D eigenvalue weighted by molar-refractivity contribution is 5.89. The number of esters is 1. The Labute approximate surface area is 252 Å². The van der Waals surface area contributed by atoms with Gasteiger partial charge in [0, 0.05) is 76.0 Å². The van der Waals surface area contributed by atoms with Crippen LogP contribution in [0.1, 0.15) is 30.1 Å². The number of fused-ring (bicyclic) bond motifs is 2. The third-order valence-corrected chi connectivity index (χ3v) is 12.9. The SMILES string of the molecule is CCN1C[C@@]2(COC)C3[C@@H](OC)[C@@H]4[C@H]1[C@@]3(C1C[C@@]3(O)[C@H](OC(=O)c5ccccc5)C1[C@]4(O)[C@@H](O)[C@@H]3OC)[C@H](OC)C[C@H]2O. The topological polar surface area (TPSA) is 147 Å². The molecule has 1 aromatic carbocycles. The lowest BCUT2D eigenvalue weighted by Crippen LogP contribution is -2.81. The fourth-order valence-electron chi connectivity index (χ4n) is 11.9. The number of ether oxygens (including phenoxy) is 5. The largest absolute Gasteiger partial charge is 0.455 e. The quantitative estimate of drug-likeness (QED) is 0.300. The lowest BCUT2D eigenvalue weighted by atomic mass is 9.42. The number of rotatable bonds is 8. The van der Waals surface area contributed by atoms with E-state index >= 15 is 0 Å². The van der Waals surface area contributed by atoms with E-state index in [1.54, 1.807) is 51.7 Å². The maximum Gasteiger partial charge on any atom is 0.338 e. The van der Waals surface area contributed by atoms with E-state index in [1.165, 1.54) is 7.11 Å². The Kier molecular flexibility index (Phi) is 6.92. The van der Waals surface area contributed by atoms with Gasteiger partial charge in [0.2, 0.25) is 0 Å². The Balaban J connectivity index is 1.48. The summed E-state index contributed by atoms with van der Waals surface area (Å²) in [5.41, 5.74) is -4.81. The van der Waals surface area contributed by atoms with Crippen LogP contribution >= 0.6 is 0 Å². The Hall–Kier alpha value is -1.67. The highest BCUT2D eigenvalue weighted by Gasteiger charge is 2.91. The van der Waals surface area contributed by atoms with Gasteiger partial charge < -0.3 is 44.1 Å². The monoisotopic (exact) mass is 603 g/mol. The minimum Gasteiger partial charge on any atom is -0.455 e. The van der Waals surface area contributed by atoms with Gasteiger partial charge in [0.05, 0.1) is 30.5 Å². The second kappa shape index (κ2) is 9.91. The molecule has 5 saturated carbocycles. The number of nitrogens with zero attached hydrogens (tertiary/aromatic N) is 1. The smallest absolute Gasteiger partial charge is 0.338 e. The highest BCUT2D eigenvalue weighted by atomic mass is 16.6. The van der Waals surface area contributed by atoms with Crippen LogP contribution in [0.25, 0.3) is 0 Å². The number of aliphatic hydroxyl groups is 4. The summed E-state index contributed by atoms with van der Waals surface area (Å²) >= 11 is 0. The van der Waals surface area contributed by atoms with E-state index in [1.807, 2.05) is 0 Å². The summed E-state index contributed by atoms with van der Waals surface area (Å²) in [6.07, 6.45) is -5.27. The number of carbonyl (C=O) groups is 1. The Morgan fingerprint density at radius 1 is 1.00 bits per heavy atom. The van der Waals surface area contributed by atoms with Gasteiger partial charge >= 0.3 is 5.97 Å². The maximum atomic E-state index is 13.6. The summed E-state index contributed by atoms with van der Waals surface area (Å²) in [4.78, 5) is 15.8. The van der Waals surface area contributed by atoms with E-state index < -0.39 is 82.4 Å². The summed E-state index contributed by atoms with van der Waals surface area (Å²) < 4.78 is 30.5.